The predicted octanol–water partition coefficient (Wildman–Crippen LogP) is 5.20. The molecule has 5 nitrogen and oxygen atoms in total. The van der Waals surface area contributed by atoms with E-state index >= 15 is 0 Å². The van der Waals surface area contributed by atoms with E-state index in [2.05, 4.69) is 6.92 Å². The molecule has 7 heteroatoms. The fourth-order valence-corrected chi connectivity index (χ4v) is 5.58. The van der Waals surface area contributed by atoms with E-state index in [1.165, 1.54) is 20.5 Å². The lowest BCUT2D eigenvalue weighted by molar-refractivity contribution is -0.133. The van der Waals surface area contributed by atoms with Gasteiger partial charge in [0.25, 0.3) is 0 Å². The zero-order valence-corrected chi connectivity index (χ0v) is 20.1. The van der Waals surface area contributed by atoms with Crippen LogP contribution in [0.1, 0.15) is 36.5 Å². The van der Waals surface area contributed by atoms with Crippen LogP contribution in [0.2, 0.25) is 0 Å². The summed E-state index contributed by atoms with van der Waals surface area (Å²) < 4.78 is 28.1. The van der Waals surface area contributed by atoms with Crippen molar-refractivity contribution in [1.29, 1.82) is 0 Å². The number of hydrogen-bond acceptors (Lipinski definition) is 6. The number of unbranched alkanes of at least 4 members (excludes halogenated alkanes) is 1. The Morgan fingerprint density at radius 1 is 1.13 bits per heavy atom. The molecule has 0 bridgehead atoms. The van der Waals surface area contributed by atoms with E-state index in [4.69, 9.17) is 14.2 Å². The van der Waals surface area contributed by atoms with Crippen LogP contribution in [0.5, 0.6) is 5.75 Å². The lowest BCUT2D eigenvalue weighted by atomic mass is 10.0. The van der Waals surface area contributed by atoms with Crippen molar-refractivity contribution in [3.05, 3.63) is 65.4 Å². The Labute approximate surface area is 191 Å². The van der Waals surface area contributed by atoms with Gasteiger partial charge >= 0.3 is 5.97 Å². The van der Waals surface area contributed by atoms with Gasteiger partial charge in [0.1, 0.15) is 11.3 Å². The number of carbonyl (C=O) groups is 1. The van der Waals surface area contributed by atoms with E-state index in [-0.39, 0.29) is 0 Å². The lowest BCUT2D eigenvalue weighted by Gasteiger charge is -2.16. The maximum atomic E-state index is 12.6. The zero-order valence-electron chi connectivity index (χ0n) is 18.5. The molecule has 0 saturated heterocycles. The Balaban J connectivity index is 2.44. The summed E-state index contributed by atoms with van der Waals surface area (Å²) in [7, 11) is 3.51. The first-order valence-electron chi connectivity index (χ1n) is 10.1. The fourth-order valence-electron chi connectivity index (χ4n) is 3.00. The smallest absolute Gasteiger partial charge is 0.341 e. The molecule has 0 radical (unpaired) electrons. The minimum absolute atomic E-state index is 0.333. The highest BCUT2D eigenvalue weighted by Gasteiger charge is 2.20. The molecule has 0 spiro atoms. The summed E-state index contributed by atoms with van der Waals surface area (Å²) in [6.07, 6.45) is 3.33. The van der Waals surface area contributed by atoms with Gasteiger partial charge in [0.2, 0.25) is 0 Å². The number of benzene rings is 2. The second kappa shape index (κ2) is 13.2. The van der Waals surface area contributed by atoms with Crippen molar-refractivity contribution in [2.75, 3.05) is 27.1 Å². The van der Waals surface area contributed by atoms with Gasteiger partial charge in [-0.2, -0.15) is 0 Å². The van der Waals surface area contributed by atoms with Crippen LogP contribution in [-0.2, 0) is 36.6 Å². The molecule has 0 N–H and O–H groups in total. The average molecular weight is 463 g/mol. The van der Waals surface area contributed by atoms with E-state index in [0.29, 0.717) is 28.4 Å². The average Bonchev–Trinajstić information content (AvgIpc) is 2.80. The van der Waals surface area contributed by atoms with Gasteiger partial charge in [-0.05, 0) is 29.7 Å². The maximum absolute atomic E-state index is 12.6. The second-order valence-corrected chi connectivity index (χ2v) is 9.40. The molecule has 0 aliphatic rings. The van der Waals surface area contributed by atoms with Crippen LogP contribution in [0, 0.1) is 0 Å². The molecule has 0 saturated carbocycles. The van der Waals surface area contributed by atoms with Crippen molar-refractivity contribution in [3.8, 4) is 5.75 Å². The summed E-state index contributed by atoms with van der Waals surface area (Å²) in [6.45, 7) is 2.09. The van der Waals surface area contributed by atoms with Crippen LogP contribution in [0.25, 0.3) is 5.57 Å². The Kier molecular flexibility index (Phi) is 10.7. The molecule has 2 rings (SSSR count). The van der Waals surface area contributed by atoms with E-state index in [0.717, 1.165) is 34.6 Å². The SMILES string of the molecule is CCCCS(=O)Cc1cccc(/C(=C\OC)C(=O)OC)c1SCc1cccc(OC)c1. The Bertz CT molecular complexity index is 924. The monoisotopic (exact) mass is 462 g/mol. The highest BCUT2D eigenvalue weighted by molar-refractivity contribution is 7.98. The molecule has 168 valence electrons. The molecule has 0 amide bonds. The highest BCUT2D eigenvalue weighted by Crippen LogP contribution is 2.35. The van der Waals surface area contributed by atoms with Crippen LogP contribution >= 0.6 is 11.8 Å². The molecule has 31 heavy (non-hydrogen) atoms. The topological polar surface area (TPSA) is 61.8 Å². The number of rotatable bonds is 12. The quantitative estimate of drug-likeness (QED) is 0.187. The first kappa shape index (κ1) is 25.0. The minimum atomic E-state index is -0.972. The van der Waals surface area contributed by atoms with Crippen molar-refractivity contribution in [1.82, 2.24) is 0 Å². The van der Waals surface area contributed by atoms with Crippen LogP contribution in [-0.4, -0.2) is 37.3 Å². The number of hydrogen-bond donors (Lipinski definition) is 0. The normalized spacial score (nSPS) is 12.3. The van der Waals surface area contributed by atoms with Crippen LogP contribution < -0.4 is 4.74 Å². The molecule has 0 aliphatic carbocycles. The highest BCUT2D eigenvalue weighted by atomic mass is 32.2. The van der Waals surface area contributed by atoms with Gasteiger partial charge in [-0.3, -0.25) is 4.21 Å². The zero-order chi connectivity index (χ0) is 22.6. The Hall–Kier alpha value is -2.25. The van der Waals surface area contributed by atoms with E-state index in [1.807, 2.05) is 42.5 Å². The summed E-state index contributed by atoms with van der Waals surface area (Å²) in [5.74, 6) is 2.09. The largest absolute Gasteiger partial charge is 0.503 e. The summed E-state index contributed by atoms with van der Waals surface area (Å²) in [5, 5.41) is 0. The van der Waals surface area contributed by atoms with Crippen molar-refractivity contribution in [3.63, 3.8) is 0 Å². The summed E-state index contributed by atoms with van der Waals surface area (Å²) >= 11 is 1.60. The van der Waals surface area contributed by atoms with Crippen LogP contribution in [0.4, 0.5) is 0 Å². The minimum Gasteiger partial charge on any atom is -0.503 e. The molecule has 0 aromatic heterocycles. The standard InChI is InChI=1S/C24H30O5S2/c1-5-6-13-31(26)17-19-10-8-12-21(22(15-27-2)24(25)29-4)23(19)30-16-18-9-7-11-20(14-18)28-3/h7-12,14-15H,5-6,13,16-17H2,1-4H3/b22-15+. The number of ether oxygens (including phenoxy) is 3. The molecular weight excluding hydrogens is 432 g/mol. The summed E-state index contributed by atoms with van der Waals surface area (Å²) in [5.41, 5.74) is 3.09. The van der Waals surface area contributed by atoms with Gasteiger partial charge in [-0.15, -0.1) is 11.8 Å². The number of carbonyl (C=O) groups excluding carboxylic acids is 1. The summed E-state index contributed by atoms with van der Waals surface area (Å²) in [6, 6.07) is 13.6. The summed E-state index contributed by atoms with van der Waals surface area (Å²) in [4.78, 5) is 13.3. The molecule has 2 aromatic rings. The van der Waals surface area contributed by atoms with Gasteiger partial charge in [0, 0.05) is 38.5 Å². The van der Waals surface area contributed by atoms with Gasteiger partial charge in [0.05, 0.1) is 27.6 Å². The van der Waals surface area contributed by atoms with Crippen molar-refractivity contribution < 1.29 is 23.2 Å². The van der Waals surface area contributed by atoms with Crippen LogP contribution in [0.15, 0.2) is 53.6 Å². The van der Waals surface area contributed by atoms with Crippen molar-refractivity contribution in [2.24, 2.45) is 0 Å². The van der Waals surface area contributed by atoms with Crippen LogP contribution in [0.3, 0.4) is 0 Å². The lowest BCUT2D eigenvalue weighted by Crippen LogP contribution is -2.08. The number of methoxy groups -OCH3 is 3. The number of thioether (sulfide) groups is 1. The molecule has 2 aromatic carbocycles. The van der Waals surface area contributed by atoms with Crippen molar-refractivity contribution >= 4 is 34.1 Å². The van der Waals surface area contributed by atoms with Crippen molar-refractivity contribution in [2.45, 2.75) is 36.2 Å². The molecule has 0 fully saturated rings. The van der Waals surface area contributed by atoms with Gasteiger partial charge in [-0.1, -0.05) is 43.7 Å². The second-order valence-electron chi connectivity index (χ2n) is 6.83. The molecule has 1 unspecified atom stereocenters. The Morgan fingerprint density at radius 3 is 2.58 bits per heavy atom. The van der Waals surface area contributed by atoms with E-state index in [1.54, 1.807) is 18.9 Å². The molecular formula is C24H30O5S2. The first-order valence-corrected chi connectivity index (χ1v) is 12.6. The Morgan fingerprint density at radius 2 is 1.90 bits per heavy atom. The number of esters is 1. The van der Waals surface area contributed by atoms with E-state index in [9.17, 15) is 9.00 Å². The van der Waals surface area contributed by atoms with Gasteiger partial charge in [0.15, 0.2) is 0 Å². The molecule has 0 heterocycles. The van der Waals surface area contributed by atoms with Gasteiger partial charge in [-0.25, -0.2) is 4.79 Å². The fraction of sp³-hybridized carbons (Fsp3) is 0.375. The third-order valence-corrected chi connectivity index (χ3v) is 7.21. The van der Waals surface area contributed by atoms with Gasteiger partial charge < -0.3 is 14.2 Å². The molecule has 0 aliphatic heterocycles. The third kappa shape index (κ3) is 7.43. The van der Waals surface area contributed by atoms with E-state index < -0.39 is 16.8 Å². The third-order valence-electron chi connectivity index (χ3n) is 4.59. The first-order chi connectivity index (χ1) is 15.0. The maximum Gasteiger partial charge on any atom is 0.341 e. The molecule has 1 atom stereocenters. The predicted molar refractivity (Wildman–Crippen MR) is 128 cm³/mol.